The van der Waals surface area contributed by atoms with Crippen molar-refractivity contribution in [3.05, 3.63) is 35.9 Å². The van der Waals surface area contributed by atoms with Crippen molar-refractivity contribution in [2.75, 3.05) is 0 Å². The molecule has 94 valence electrons. The first kappa shape index (κ1) is 12.6. The lowest BCUT2D eigenvalue weighted by Gasteiger charge is -2.25. The Hall–Kier alpha value is -0.860. The standard InChI is InChI=1S/C15H22O2/c1-4-15(5-2)16-12(3)14(17-15)11-13-9-7-6-8-10-13/h6-10,12,14H,4-5,11H2,1-3H3/t12-,14-/m0/s1. The number of rotatable bonds is 4. The third kappa shape index (κ3) is 2.70. The highest BCUT2D eigenvalue weighted by atomic mass is 16.8. The molecule has 0 radical (unpaired) electrons. The zero-order valence-electron chi connectivity index (χ0n) is 11.0. The van der Waals surface area contributed by atoms with Crippen molar-refractivity contribution in [2.24, 2.45) is 0 Å². The summed E-state index contributed by atoms with van der Waals surface area (Å²) >= 11 is 0. The summed E-state index contributed by atoms with van der Waals surface area (Å²) in [7, 11) is 0. The monoisotopic (exact) mass is 234 g/mol. The third-order valence-corrected chi connectivity index (χ3v) is 3.65. The van der Waals surface area contributed by atoms with Crippen LogP contribution in [0.25, 0.3) is 0 Å². The second kappa shape index (κ2) is 5.19. The van der Waals surface area contributed by atoms with E-state index in [1.54, 1.807) is 0 Å². The first-order chi connectivity index (χ1) is 8.19. The molecule has 0 aliphatic carbocycles. The zero-order valence-corrected chi connectivity index (χ0v) is 11.0. The molecule has 2 heteroatoms. The van der Waals surface area contributed by atoms with Crippen LogP contribution < -0.4 is 0 Å². The molecule has 1 aromatic rings. The van der Waals surface area contributed by atoms with Gasteiger partial charge >= 0.3 is 0 Å². The van der Waals surface area contributed by atoms with Crippen molar-refractivity contribution in [3.8, 4) is 0 Å². The van der Waals surface area contributed by atoms with Gasteiger partial charge in [-0.25, -0.2) is 0 Å². The molecule has 1 heterocycles. The van der Waals surface area contributed by atoms with Crippen molar-refractivity contribution in [1.29, 1.82) is 0 Å². The van der Waals surface area contributed by atoms with E-state index in [9.17, 15) is 0 Å². The van der Waals surface area contributed by atoms with Gasteiger partial charge < -0.3 is 9.47 Å². The molecular weight excluding hydrogens is 212 g/mol. The van der Waals surface area contributed by atoms with Gasteiger partial charge in [0.15, 0.2) is 5.79 Å². The Morgan fingerprint density at radius 3 is 2.24 bits per heavy atom. The van der Waals surface area contributed by atoms with Crippen LogP contribution in [0.3, 0.4) is 0 Å². The van der Waals surface area contributed by atoms with E-state index >= 15 is 0 Å². The molecule has 1 aliphatic rings. The van der Waals surface area contributed by atoms with Crippen LogP contribution in [0.2, 0.25) is 0 Å². The summed E-state index contributed by atoms with van der Waals surface area (Å²) in [4.78, 5) is 0. The highest BCUT2D eigenvalue weighted by molar-refractivity contribution is 5.16. The smallest absolute Gasteiger partial charge is 0.168 e. The minimum atomic E-state index is -0.348. The largest absolute Gasteiger partial charge is 0.344 e. The Morgan fingerprint density at radius 1 is 1.06 bits per heavy atom. The molecule has 1 aromatic carbocycles. The molecule has 1 saturated heterocycles. The lowest BCUT2D eigenvalue weighted by molar-refractivity contribution is -0.177. The fourth-order valence-corrected chi connectivity index (χ4v) is 2.45. The summed E-state index contributed by atoms with van der Waals surface area (Å²) in [6.45, 7) is 6.36. The summed E-state index contributed by atoms with van der Waals surface area (Å²) in [5.41, 5.74) is 1.32. The quantitative estimate of drug-likeness (QED) is 0.793. The van der Waals surface area contributed by atoms with Gasteiger partial charge in [-0.1, -0.05) is 44.2 Å². The van der Waals surface area contributed by atoms with Gasteiger partial charge in [0, 0.05) is 6.42 Å². The maximum atomic E-state index is 6.14. The van der Waals surface area contributed by atoms with Crippen LogP contribution >= 0.6 is 0 Å². The summed E-state index contributed by atoms with van der Waals surface area (Å²) in [6.07, 6.45) is 3.12. The van der Waals surface area contributed by atoms with E-state index in [-0.39, 0.29) is 18.0 Å². The Balaban J connectivity index is 2.04. The van der Waals surface area contributed by atoms with Crippen molar-refractivity contribution >= 4 is 0 Å². The average Bonchev–Trinajstić information content (AvgIpc) is 2.68. The van der Waals surface area contributed by atoms with Crippen LogP contribution in [0.4, 0.5) is 0 Å². The molecule has 1 fully saturated rings. The van der Waals surface area contributed by atoms with Gasteiger partial charge in [0.1, 0.15) is 0 Å². The minimum absolute atomic E-state index is 0.176. The Labute approximate surface area is 104 Å². The summed E-state index contributed by atoms with van der Waals surface area (Å²) in [6, 6.07) is 10.5. The maximum Gasteiger partial charge on any atom is 0.168 e. The molecule has 0 saturated carbocycles. The van der Waals surface area contributed by atoms with Crippen LogP contribution in [0.5, 0.6) is 0 Å². The molecule has 2 nitrogen and oxygen atoms in total. The first-order valence-electron chi connectivity index (χ1n) is 6.58. The molecular formula is C15H22O2. The molecule has 2 rings (SSSR count). The van der Waals surface area contributed by atoms with Gasteiger partial charge in [0.05, 0.1) is 12.2 Å². The predicted molar refractivity (Wildman–Crippen MR) is 68.9 cm³/mol. The number of ether oxygens (including phenoxy) is 2. The van der Waals surface area contributed by atoms with E-state index in [0.717, 1.165) is 19.3 Å². The molecule has 0 amide bonds. The van der Waals surface area contributed by atoms with Crippen LogP contribution in [-0.4, -0.2) is 18.0 Å². The van der Waals surface area contributed by atoms with E-state index in [2.05, 4.69) is 45.0 Å². The fraction of sp³-hybridized carbons (Fsp3) is 0.600. The summed E-state index contributed by atoms with van der Waals surface area (Å²) < 4.78 is 12.2. The van der Waals surface area contributed by atoms with E-state index < -0.39 is 0 Å². The van der Waals surface area contributed by atoms with Crippen LogP contribution in [0.1, 0.15) is 39.2 Å². The number of benzene rings is 1. The lowest BCUT2D eigenvalue weighted by Crippen LogP contribution is -2.29. The highest BCUT2D eigenvalue weighted by Crippen LogP contribution is 2.35. The van der Waals surface area contributed by atoms with Crippen LogP contribution in [-0.2, 0) is 15.9 Å². The van der Waals surface area contributed by atoms with Crippen LogP contribution in [0, 0.1) is 0 Å². The zero-order chi connectivity index (χ0) is 12.3. The molecule has 0 bridgehead atoms. The first-order valence-corrected chi connectivity index (χ1v) is 6.58. The third-order valence-electron chi connectivity index (χ3n) is 3.65. The number of hydrogen-bond acceptors (Lipinski definition) is 2. The summed E-state index contributed by atoms with van der Waals surface area (Å²) in [5.74, 6) is -0.348. The molecule has 2 atom stereocenters. The van der Waals surface area contributed by atoms with Gasteiger partial charge in [-0.15, -0.1) is 0 Å². The molecule has 0 unspecified atom stereocenters. The second-order valence-corrected chi connectivity index (χ2v) is 4.79. The van der Waals surface area contributed by atoms with E-state index in [1.165, 1.54) is 5.56 Å². The van der Waals surface area contributed by atoms with E-state index in [0.29, 0.717) is 0 Å². The fourth-order valence-electron chi connectivity index (χ4n) is 2.45. The Morgan fingerprint density at radius 2 is 1.71 bits per heavy atom. The second-order valence-electron chi connectivity index (χ2n) is 4.79. The Kier molecular flexibility index (Phi) is 3.85. The van der Waals surface area contributed by atoms with Crippen molar-refractivity contribution in [3.63, 3.8) is 0 Å². The van der Waals surface area contributed by atoms with Gasteiger partial charge in [0.25, 0.3) is 0 Å². The van der Waals surface area contributed by atoms with Crippen molar-refractivity contribution in [1.82, 2.24) is 0 Å². The van der Waals surface area contributed by atoms with Gasteiger partial charge in [-0.05, 0) is 25.3 Å². The van der Waals surface area contributed by atoms with Gasteiger partial charge in [-0.3, -0.25) is 0 Å². The SMILES string of the molecule is CCC1(CC)O[C@@H](C)[C@H](Cc2ccccc2)O1. The summed E-state index contributed by atoms with van der Waals surface area (Å²) in [5, 5.41) is 0. The molecule has 17 heavy (non-hydrogen) atoms. The van der Waals surface area contributed by atoms with Crippen molar-refractivity contribution in [2.45, 2.75) is 58.0 Å². The average molecular weight is 234 g/mol. The highest BCUT2D eigenvalue weighted by Gasteiger charge is 2.42. The lowest BCUT2D eigenvalue weighted by atomic mass is 10.1. The normalized spacial score (nSPS) is 27.2. The minimum Gasteiger partial charge on any atom is -0.344 e. The maximum absolute atomic E-state index is 6.14. The molecule has 0 N–H and O–H groups in total. The molecule has 1 aliphatic heterocycles. The predicted octanol–water partition coefficient (Wildman–Crippen LogP) is 3.55. The topological polar surface area (TPSA) is 18.5 Å². The Bertz CT molecular complexity index is 343. The van der Waals surface area contributed by atoms with Gasteiger partial charge in [-0.2, -0.15) is 0 Å². The van der Waals surface area contributed by atoms with E-state index in [4.69, 9.17) is 9.47 Å². The number of hydrogen-bond donors (Lipinski definition) is 0. The molecule has 0 spiro atoms. The van der Waals surface area contributed by atoms with Crippen LogP contribution in [0.15, 0.2) is 30.3 Å². The van der Waals surface area contributed by atoms with Gasteiger partial charge in [0.2, 0.25) is 0 Å². The molecule has 0 aromatic heterocycles. The van der Waals surface area contributed by atoms with E-state index in [1.807, 2.05) is 6.07 Å². The van der Waals surface area contributed by atoms with Crippen molar-refractivity contribution < 1.29 is 9.47 Å².